The molecule has 1 aromatic heterocycles. The van der Waals surface area contributed by atoms with E-state index in [2.05, 4.69) is 5.32 Å². The number of carbonyl (C=O) groups excluding carboxylic acids is 2. The summed E-state index contributed by atoms with van der Waals surface area (Å²) in [5.74, 6) is -2.48. The molecule has 7 nitrogen and oxygen atoms in total. The largest absolute Gasteiger partial charge is 0.468 e. The summed E-state index contributed by atoms with van der Waals surface area (Å²) >= 11 is 1.29. The minimum absolute atomic E-state index is 0.0395. The molecule has 1 atom stereocenters. The van der Waals surface area contributed by atoms with Gasteiger partial charge in [-0.2, -0.15) is 8.42 Å². The first kappa shape index (κ1) is 23.3. The molecule has 0 saturated carbocycles. The van der Waals surface area contributed by atoms with Crippen molar-refractivity contribution in [3.63, 3.8) is 0 Å². The van der Waals surface area contributed by atoms with E-state index in [1.807, 2.05) is 42.5 Å². The summed E-state index contributed by atoms with van der Waals surface area (Å²) in [5, 5.41) is 2.77. The molecule has 0 radical (unpaired) electrons. The topological polar surface area (TPSA) is 94.5 Å². The van der Waals surface area contributed by atoms with Gasteiger partial charge in [-0.3, -0.25) is 9.59 Å². The van der Waals surface area contributed by atoms with E-state index in [1.165, 1.54) is 18.9 Å². The van der Waals surface area contributed by atoms with Gasteiger partial charge in [0.05, 0.1) is 23.4 Å². The van der Waals surface area contributed by atoms with E-state index in [0.717, 1.165) is 4.90 Å². The summed E-state index contributed by atoms with van der Waals surface area (Å²) in [4.78, 5) is 26.8. The van der Waals surface area contributed by atoms with Gasteiger partial charge in [0.25, 0.3) is 5.91 Å². The van der Waals surface area contributed by atoms with Crippen LogP contribution < -0.4 is 5.32 Å². The summed E-state index contributed by atoms with van der Waals surface area (Å²) < 4.78 is 31.5. The van der Waals surface area contributed by atoms with Crippen LogP contribution in [0, 0.1) is 5.92 Å². The molecule has 9 heteroatoms. The molecule has 1 unspecified atom stereocenters. The van der Waals surface area contributed by atoms with Gasteiger partial charge in [0, 0.05) is 22.9 Å². The number of aromatic nitrogens is 1. The average molecular weight is 493 g/mol. The fourth-order valence-corrected chi connectivity index (χ4v) is 5.32. The van der Waals surface area contributed by atoms with Crippen LogP contribution in [0.15, 0.2) is 107 Å². The van der Waals surface area contributed by atoms with Crippen molar-refractivity contribution in [2.75, 3.05) is 7.11 Å². The molecule has 4 rings (SSSR count). The van der Waals surface area contributed by atoms with Crippen LogP contribution in [-0.2, 0) is 19.8 Å². The van der Waals surface area contributed by atoms with E-state index >= 15 is 0 Å². The molecule has 0 fully saturated rings. The number of nitrogens with one attached hydrogen (secondary N) is 1. The van der Waals surface area contributed by atoms with Crippen molar-refractivity contribution in [2.45, 2.75) is 4.90 Å². The fraction of sp³-hybridized carbons (Fsp3) is 0.0800. The third-order valence-electron chi connectivity index (χ3n) is 5.07. The van der Waals surface area contributed by atoms with Gasteiger partial charge >= 0.3 is 5.97 Å². The third-order valence-corrected chi connectivity index (χ3v) is 7.01. The maximum absolute atomic E-state index is 13.1. The zero-order valence-corrected chi connectivity index (χ0v) is 19.7. The van der Waals surface area contributed by atoms with Crippen molar-refractivity contribution < 1.29 is 22.7 Å². The number of hydrogen-bond acceptors (Lipinski definition) is 6. The summed E-state index contributed by atoms with van der Waals surface area (Å²) in [6, 6.07) is 21.4. The fourth-order valence-electron chi connectivity index (χ4n) is 3.50. The first-order valence-electron chi connectivity index (χ1n) is 10.2. The molecule has 1 aliphatic carbocycles. The molecule has 172 valence electrons. The smallest absolute Gasteiger partial charge is 0.318 e. The molecular weight excluding hydrogens is 472 g/mol. The second-order valence-electron chi connectivity index (χ2n) is 7.18. The van der Waals surface area contributed by atoms with E-state index in [0.29, 0.717) is 16.2 Å². The monoisotopic (exact) mass is 492 g/mol. The van der Waals surface area contributed by atoms with Gasteiger partial charge in [-0.25, -0.2) is 0 Å². The summed E-state index contributed by atoms with van der Waals surface area (Å²) in [7, 11) is -1.63. The zero-order valence-electron chi connectivity index (χ0n) is 18.0. The number of hydrogen-bond donors (Lipinski definition) is 1. The van der Waals surface area contributed by atoms with Crippen molar-refractivity contribution in [1.29, 1.82) is 0 Å². The highest BCUT2D eigenvalue weighted by Gasteiger charge is 2.36. The number of nitrogens with zero attached hydrogens (tertiary/aromatic N) is 1. The van der Waals surface area contributed by atoms with Gasteiger partial charge in [0.15, 0.2) is 0 Å². The van der Waals surface area contributed by atoms with Crippen LogP contribution in [0.5, 0.6) is 0 Å². The number of esters is 1. The Bertz CT molecular complexity index is 1400. The molecule has 1 aliphatic rings. The molecule has 0 bridgehead atoms. The highest BCUT2D eigenvalue weighted by Crippen LogP contribution is 2.40. The van der Waals surface area contributed by atoms with Crippen LogP contribution in [0.3, 0.4) is 0 Å². The Hall–Kier alpha value is -3.82. The lowest BCUT2D eigenvalue weighted by Crippen LogP contribution is -2.38. The van der Waals surface area contributed by atoms with Crippen LogP contribution in [0.2, 0.25) is 0 Å². The lowest BCUT2D eigenvalue weighted by atomic mass is 9.95. The van der Waals surface area contributed by atoms with Crippen LogP contribution in [0.4, 0.5) is 0 Å². The molecule has 34 heavy (non-hydrogen) atoms. The molecule has 0 aliphatic heterocycles. The standard InChI is InChI=1S/C25H20N2O5S2/c1-32-25(29)19-16-20(27-14-8-9-15-27)22(33-18-12-6-3-7-13-18)21(23(19)34(30)31)26-24(28)17-10-4-2-5-11-17/h2-16,19H,1H3,(H,26,28). The number of thioether (sulfide) groups is 1. The number of benzene rings is 2. The molecule has 0 spiro atoms. The van der Waals surface area contributed by atoms with Gasteiger partial charge in [-0.05, 0) is 42.5 Å². The minimum Gasteiger partial charge on any atom is -0.468 e. The van der Waals surface area contributed by atoms with Crippen LogP contribution >= 0.6 is 11.8 Å². The van der Waals surface area contributed by atoms with Gasteiger partial charge in [-0.1, -0.05) is 48.2 Å². The number of amides is 1. The van der Waals surface area contributed by atoms with Crippen molar-refractivity contribution in [2.24, 2.45) is 5.92 Å². The Labute approximate surface area is 202 Å². The molecule has 1 N–H and O–H groups in total. The van der Waals surface area contributed by atoms with Gasteiger partial charge < -0.3 is 14.6 Å². The second kappa shape index (κ2) is 10.4. The molecular formula is C25H20N2O5S2. The van der Waals surface area contributed by atoms with Crippen LogP contribution in [0.25, 0.3) is 5.70 Å². The predicted molar refractivity (Wildman–Crippen MR) is 131 cm³/mol. The SMILES string of the molecule is COC(=O)C1C=C(n2cccc2)C(Sc2ccccc2)=C(NC(=O)c2ccccc2)C1=S(=O)=O. The molecule has 3 aromatic rings. The summed E-state index contributed by atoms with van der Waals surface area (Å²) in [6.07, 6.45) is 5.10. The summed E-state index contributed by atoms with van der Waals surface area (Å²) in [5.41, 5.74) is 0.936. The highest BCUT2D eigenvalue weighted by molar-refractivity contribution is 8.03. The lowest BCUT2D eigenvalue weighted by Gasteiger charge is -2.27. The van der Waals surface area contributed by atoms with E-state index in [4.69, 9.17) is 4.74 Å². The number of allylic oxidation sites excluding steroid dienone is 2. The molecule has 1 amide bonds. The Morgan fingerprint density at radius 1 is 0.941 bits per heavy atom. The number of rotatable bonds is 6. The Morgan fingerprint density at radius 2 is 1.56 bits per heavy atom. The summed E-state index contributed by atoms with van der Waals surface area (Å²) in [6.45, 7) is 0. The number of carbonyl (C=O) groups is 2. The van der Waals surface area contributed by atoms with E-state index in [-0.39, 0.29) is 10.6 Å². The Balaban J connectivity index is 1.95. The van der Waals surface area contributed by atoms with Crippen LogP contribution in [-0.4, -0.2) is 36.8 Å². The van der Waals surface area contributed by atoms with Crippen molar-refractivity contribution in [3.05, 3.63) is 107 Å². The predicted octanol–water partition coefficient (Wildman–Crippen LogP) is 3.62. The molecule has 0 saturated heterocycles. The minimum atomic E-state index is -2.82. The molecule has 1 heterocycles. The average Bonchev–Trinajstić information content (AvgIpc) is 3.40. The first-order valence-corrected chi connectivity index (χ1v) is 12.1. The van der Waals surface area contributed by atoms with E-state index in [9.17, 15) is 18.0 Å². The Kier molecular flexibility index (Phi) is 7.15. The lowest BCUT2D eigenvalue weighted by molar-refractivity contribution is -0.141. The second-order valence-corrected chi connectivity index (χ2v) is 9.17. The van der Waals surface area contributed by atoms with Crippen molar-refractivity contribution in [1.82, 2.24) is 9.88 Å². The zero-order chi connectivity index (χ0) is 24.1. The van der Waals surface area contributed by atoms with Gasteiger partial charge in [0.2, 0.25) is 10.3 Å². The quantitative estimate of drug-likeness (QED) is 0.417. The third kappa shape index (κ3) is 4.90. The van der Waals surface area contributed by atoms with Crippen LogP contribution in [0.1, 0.15) is 10.4 Å². The van der Waals surface area contributed by atoms with Gasteiger partial charge in [-0.15, -0.1) is 0 Å². The maximum atomic E-state index is 13.1. The molecule has 2 aromatic carbocycles. The normalized spacial score (nSPS) is 15.5. The number of methoxy groups -OCH3 is 1. The number of ether oxygens (including phenoxy) is 1. The highest BCUT2D eigenvalue weighted by atomic mass is 32.2. The maximum Gasteiger partial charge on any atom is 0.318 e. The Morgan fingerprint density at radius 3 is 2.15 bits per heavy atom. The van der Waals surface area contributed by atoms with E-state index in [1.54, 1.807) is 53.4 Å². The first-order chi connectivity index (χ1) is 16.5. The van der Waals surface area contributed by atoms with Crippen molar-refractivity contribution >= 4 is 44.5 Å². The van der Waals surface area contributed by atoms with Crippen molar-refractivity contribution in [3.8, 4) is 0 Å². The van der Waals surface area contributed by atoms with E-state index < -0.39 is 28.1 Å². The van der Waals surface area contributed by atoms with Gasteiger partial charge in [0.1, 0.15) is 10.8 Å².